The molecule has 3 N–H and O–H groups in total. The van der Waals surface area contributed by atoms with Crippen LogP contribution in [-0.4, -0.2) is 57.4 Å². The topological polar surface area (TPSA) is 125 Å². The molecule has 1 aliphatic rings. The second-order valence-corrected chi connectivity index (χ2v) is 8.72. The van der Waals surface area contributed by atoms with Gasteiger partial charge in [0.05, 0.1) is 11.8 Å². The van der Waals surface area contributed by atoms with Crippen molar-refractivity contribution in [3.05, 3.63) is 41.9 Å². The van der Waals surface area contributed by atoms with Crippen LogP contribution in [0.3, 0.4) is 0 Å². The Labute approximate surface area is 193 Å². The Balaban J connectivity index is 1.64. The van der Waals surface area contributed by atoms with Crippen LogP contribution in [-0.2, 0) is 20.9 Å². The lowest BCUT2D eigenvalue weighted by atomic mass is 10.0. The van der Waals surface area contributed by atoms with Crippen molar-refractivity contribution in [3.8, 4) is 11.3 Å². The number of aliphatic hydroxyl groups is 1. The van der Waals surface area contributed by atoms with Crippen LogP contribution in [0.4, 0.5) is 0 Å². The molecular formula is C24H32N4O5. The van der Waals surface area contributed by atoms with E-state index in [2.05, 4.69) is 15.6 Å². The summed E-state index contributed by atoms with van der Waals surface area (Å²) in [5.74, 6) is -0.364. The number of hydrogen-bond donors (Lipinski definition) is 3. The second kappa shape index (κ2) is 10.6. The molecule has 1 aromatic carbocycles. The lowest BCUT2D eigenvalue weighted by Crippen LogP contribution is -2.55. The van der Waals surface area contributed by atoms with Crippen molar-refractivity contribution in [2.75, 3.05) is 6.54 Å². The number of nitrogens with zero attached hydrogens (tertiary/aromatic N) is 2. The maximum atomic E-state index is 13.2. The Morgan fingerprint density at radius 3 is 2.52 bits per heavy atom. The highest BCUT2D eigenvalue weighted by Gasteiger charge is 2.42. The maximum absolute atomic E-state index is 13.2. The molecule has 3 amide bonds. The predicted molar refractivity (Wildman–Crippen MR) is 122 cm³/mol. The number of hydrogen-bond acceptors (Lipinski definition) is 6. The summed E-state index contributed by atoms with van der Waals surface area (Å²) in [6.45, 7) is 7.60. The average Bonchev–Trinajstić information content (AvgIpc) is 3.40. The van der Waals surface area contributed by atoms with Gasteiger partial charge in [0.25, 0.3) is 0 Å². The quantitative estimate of drug-likeness (QED) is 0.556. The minimum absolute atomic E-state index is 0.0629. The van der Waals surface area contributed by atoms with Crippen molar-refractivity contribution < 1.29 is 23.9 Å². The van der Waals surface area contributed by atoms with Gasteiger partial charge < -0.3 is 25.1 Å². The van der Waals surface area contributed by atoms with Crippen molar-refractivity contribution in [2.45, 2.75) is 65.3 Å². The van der Waals surface area contributed by atoms with Gasteiger partial charge in [0, 0.05) is 31.5 Å². The number of nitrogens with one attached hydrogen (secondary N) is 2. The predicted octanol–water partition coefficient (Wildman–Crippen LogP) is 1.78. The summed E-state index contributed by atoms with van der Waals surface area (Å²) < 4.78 is 5.40. The summed E-state index contributed by atoms with van der Waals surface area (Å²) in [7, 11) is 0. The molecule has 0 aliphatic carbocycles. The Hall–Kier alpha value is -3.20. The number of likely N-dealkylation sites (tertiary alicyclic amines) is 1. The second-order valence-electron chi connectivity index (χ2n) is 8.72. The molecule has 33 heavy (non-hydrogen) atoms. The Morgan fingerprint density at radius 1 is 1.24 bits per heavy atom. The molecule has 2 aromatic rings. The first-order chi connectivity index (χ1) is 15.7. The number of aliphatic hydroxyl groups excluding tert-OH is 1. The zero-order chi connectivity index (χ0) is 24.1. The Kier molecular flexibility index (Phi) is 7.86. The standard InChI is InChI=1S/C24H32N4O5/c1-5-20(30)27-21(14(2)3)24(32)28-12-18(29)10-19(28)23(31)25-11-16-6-8-17(9-7-16)22-15(4)26-13-33-22/h6-9,13-14,18-19,21,29H,5,10-12H2,1-4H3,(H,25,31)(H,27,30)/t18-,19+,21+/m1/s1. The van der Waals surface area contributed by atoms with E-state index in [1.54, 1.807) is 6.92 Å². The van der Waals surface area contributed by atoms with Crippen LogP contribution in [0.25, 0.3) is 11.3 Å². The number of carbonyl (C=O) groups is 3. The molecule has 3 rings (SSSR count). The molecule has 1 saturated heterocycles. The van der Waals surface area contributed by atoms with Crippen molar-refractivity contribution >= 4 is 17.7 Å². The van der Waals surface area contributed by atoms with Crippen LogP contribution < -0.4 is 10.6 Å². The van der Waals surface area contributed by atoms with Gasteiger partial charge in [0.2, 0.25) is 17.7 Å². The van der Waals surface area contributed by atoms with Gasteiger partial charge >= 0.3 is 0 Å². The van der Waals surface area contributed by atoms with Crippen molar-refractivity contribution in [1.82, 2.24) is 20.5 Å². The molecular weight excluding hydrogens is 424 g/mol. The van der Waals surface area contributed by atoms with Crippen LogP contribution >= 0.6 is 0 Å². The Bertz CT molecular complexity index is 985. The van der Waals surface area contributed by atoms with E-state index in [0.29, 0.717) is 5.76 Å². The van der Waals surface area contributed by atoms with Crippen molar-refractivity contribution in [2.24, 2.45) is 5.92 Å². The van der Waals surface area contributed by atoms with E-state index in [1.165, 1.54) is 11.3 Å². The van der Waals surface area contributed by atoms with Gasteiger partial charge in [-0.2, -0.15) is 0 Å². The molecule has 0 radical (unpaired) electrons. The van der Waals surface area contributed by atoms with Crippen LogP contribution in [0, 0.1) is 12.8 Å². The van der Waals surface area contributed by atoms with Crippen molar-refractivity contribution in [1.29, 1.82) is 0 Å². The van der Waals surface area contributed by atoms with Gasteiger partial charge in [-0.25, -0.2) is 4.98 Å². The van der Waals surface area contributed by atoms with Gasteiger partial charge in [-0.3, -0.25) is 14.4 Å². The largest absolute Gasteiger partial charge is 0.443 e. The molecule has 1 aliphatic heterocycles. The lowest BCUT2D eigenvalue weighted by molar-refractivity contribution is -0.142. The van der Waals surface area contributed by atoms with E-state index in [-0.39, 0.29) is 49.6 Å². The van der Waals surface area contributed by atoms with E-state index in [0.717, 1.165) is 16.8 Å². The third-order valence-electron chi connectivity index (χ3n) is 5.86. The minimum Gasteiger partial charge on any atom is -0.443 e. The third-order valence-corrected chi connectivity index (χ3v) is 5.86. The Morgan fingerprint density at radius 2 is 1.94 bits per heavy atom. The number of benzene rings is 1. The highest BCUT2D eigenvalue weighted by molar-refractivity contribution is 5.92. The fourth-order valence-electron chi connectivity index (χ4n) is 3.93. The third kappa shape index (κ3) is 5.78. The van der Waals surface area contributed by atoms with Gasteiger partial charge in [-0.1, -0.05) is 45.0 Å². The molecule has 0 bridgehead atoms. The number of oxazole rings is 1. The molecule has 0 saturated carbocycles. The summed E-state index contributed by atoms with van der Waals surface area (Å²) in [4.78, 5) is 43.4. The number of amides is 3. The molecule has 3 atom stereocenters. The van der Waals surface area contributed by atoms with Gasteiger partial charge in [0.15, 0.2) is 12.2 Å². The normalized spacial score (nSPS) is 18.9. The first-order valence-electron chi connectivity index (χ1n) is 11.3. The van der Waals surface area contributed by atoms with E-state index >= 15 is 0 Å². The van der Waals surface area contributed by atoms with E-state index in [4.69, 9.17) is 4.42 Å². The molecule has 9 heteroatoms. The fourth-order valence-corrected chi connectivity index (χ4v) is 3.93. The first-order valence-corrected chi connectivity index (χ1v) is 11.3. The molecule has 2 heterocycles. The first kappa shape index (κ1) is 24.4. The van der Waals surface area contributed by atoms with Crippen LogP contribution in [0.1, 0.15) is 44.9 Å². The molecule has 9 nitrogen and oxygen atoms in total. The lowest BCUT2D eigenvalue weighted by Gasteiger charge is -2.30. The van der Waals surface area contributed by atoms with E-state index in [1.807, 2.05) is 45.0 Å². The fraction of sp³-hybridized carbons (Fsp3) is 0.500. The highest BCUT2D eigenvalue weighted by atomic mass is 16.3. The summed E-state index contributed by atoms with van der Waals surface area (Å²) in [6, 6.07) is 6.04. The number of aryl methyl sites for hydroxylation is 1. The highest BCUT2D eigenvalue weighted by Crippen LogP contribution is 2.23. The van der Waals surface area contributed by atoms with Crippen LogP contribution in [0.2, 0.25) is 0 Å². The summed E-state index contributed by atoms with van der Waals surface area (Å²) in [6.07, 6.45) is 1.04. The number of aromatic nitrogens is 1. The van der Waals surface area contributed by atoms with E-state index in [9.17, 15) is 19.5 Å². The molecule has 1 fully saturated rings. The number of rotatable bonds is 8. The maximum Gasteiger partial charge on any atom is 0.246 e. The molecule has 178 valence electrons. The SMILES string of the molecule is CCC(=O)N[C@H](C(=O)N1C[C@H](O)C[C@H]1C(=O)NCc1ccc(-c2ocnc2C)cc1)C(C)C. The van der Waals surface area contributed by atoms with Gasteiger partial charge in [-0.05, 0) is 18.4 Å². The van der Waals surface area contributed by atoms with Crippen LogP contribution in [0.15, 0.2) is 35.1 Å². The summed E-state index contributed by atoms with van der Waals surface area (Å²) >= 11 is 0. The molecule has 0 spiro atoms. The zero-order valence-electron chi connectivity index (χ0n) is 19.5. The smallest absolute Gasteiger partial charge is 0.246 e. The average molecular weight is 457 g/mol. The monoisotopic (exact) mass is 456 g/mol. The zero-order valence-corrected chi connectivity index (χ0v) is 19.5. The van der Waals surface area contributed by atoms with Gasteiger partial charge in [0.1, 0.15) is 12.1 Å². The van der Waals surface area contributed by atoms with Crippen molar-refractivity contribution in [3.63, 3.8) is 0 Å². The number of carbonyl (C=O) groups excluding carboxylic acids is 3. The summed E-state index contributed by atoms with van der Waals surface area (Å²) in [5.41, 5.74) is 2.58. The summed E-state index contributed by atoms with van der Waals surface area (Å²) in [5, 5.41) is 15.8. The van der Waals surface area contributed by atoms with E-state index < -0.39 is 18.2 Å². The molecule has 1 aromatic heterocycles. The molecule has 0 unspecified atom stereocenters. The number of β-amino-alcohol motifs (C(OH)–C–C–N with tert-alkyl or cyclic N) is 1. The van der Waals surface area contributed by atoms with Crippen LogP contribution in [0.5, 0.6) is 0 Å². The minimum atomic E-state index is -0.789. The van der Waals surface area contributed by atoms with Gasteiger partial charge in [-0.15, -0.1) is 0 Å².